The lowest BCUT2D eigenvalue weighted by Crippen LogP contribution is -2.64. The number of hydrogen-bond donors (Lipinski definition) is 2. The van der Waals surface area contributed by atoms with Crippen LogP contribution in [0, 0.1) is 0 Å². The number of rotatable bonds is 1. The molecule has 2 fully saturated rings. The molecule has 0 atom stereocenters. The molecule has 0 spiro atoms. The first-order valence-electron chi connectivity index (χ1n) is 6.18. The zero-order valence-electron chi connectivity index (χ0n) is 9.10. The summed E-state index contributed by atoms with van der Waals surface area (Å²) in [7, 11) is 0. The van der Waals surface area contributed by atoms with E-state index in [0.717, 1.165) is 32.1 Å². The Morgan fingerprint density at radius 2 is 1.21 bits per heavy atom. The first kappa shape index (κ1) is 10.4. The highest BCUT2D eigenvalue weighted by Crippen LogP contribution is 2.45. The van der Waals surface area contributed by atoms with Crippen molar-refractivity contribution in [1.82, 2.24) is 0 Å². The quantitative estimate of drug-likeness (QED) is 0.677. The van der Waals surface area contributed by atoms with Crippen LogP contribution in [0.25, 0.3) is 0 Å². The van der Waals surface area contributed by atoms with Crippen molar-refractivity contribution >= 4 is 0 Å². The Balaban J connectivity index is 2.02. The third-order valence-corrected chi connectivity index (χ3v) is 4.35. The number of nitrogens with two attached hydrogens (primary N) is 1. The predicted octanol–water partition coefficient (Wildman–Crippen LogP) is 2.34. The lowest BCUT2D eigenvalue weighted by molar-refractivity contribution is -0.105. The van der Waals surface area contributed by atoms with Gasteiger partial charge in [0, 0.05) is 5.54 Å². The Labute approximate surface area is 86.9 Å². The Hall–Kier alpha value is -0.0800. The van der Waals surface area contributed by atoms with Gasteiger partial charge in [0.2, 0.25) is 0 Å². The second kappa shape index (κ2) is 3.82. The number of hydrogen-bond acceptors (Lipinski definition) is 2. The Kier molecular flexibility index (Phi) is 2.85. The van der Waals surface area contributed by atoms with Crippen molar-refractivity contribution in [2.24, 2.45) is 5.73 Å². The fourth-order valence-electron chi connectivity index (χ4n) is 3.01. The van der Waals surface area contributed by atoms with Gasteiger partial charge in [0.05, 0.1) is 5.60 Å². The van der Waals surface area contributed by atoms with Crippen LogP contribution in [-0.4, -0.2) is 16.2 Å². The molecule has 0 amide bonds. The van der Waals surface area contributed by atoms with Gasteiger partial charge in [-0.2, -0.15) is 0 Å². The van der Waals surface area contributed by atoms with Gasteiger partial charge in [-0.1, -0.05) is 32.1 Å². The molecule has 0 aromatic heterocycles. The zero-order chi connectivity index (χ0) is 10.1. The van der Waals surface area contributed by atoms with E-state index in [1.165, 1.54) is 32.1 Å². The zero-order valence-corrected chi connectivity index (χ0v) is 9.10. The van der Waals surface area contributed by atoms with Crippen molar-refractivity contribution in [3.63, 3.8) is 0 Å². The average Bonchev–Trinajstić information content (AvgIpc) is 2.08. The minimum absolute atomic E-state index is 0.258. The maximum atomic E-state index is 10.4. The Morgan fingerprint density at radius 3 is 1.64 bits per heavy atom. The molecule has 82 valence electrons. The molecular formula is C12H23NO. The number of aliphatic hydroxyl groups is 1. The minimum Gasteiger partial charge on any atom is -0.388 e. The molecule has 14 heavy (non-hydrogen) atoms. The maximum absolute atomic E-state index is 10.4. The minimum atomic E-state index is -0.510. The summed E-state index contributed by atoms with van der Waals surface area (Å²) >= 11 is 0. The summed E-state index contributed by atoms with van der Waals surface area (Å²) in [5.41, 5.74) is 5.65. The summed E-state index contributed by atoms with van der Waals surface area (Å²) in [6, 6.07) is 0. The average molecular weight is 197 g/mol. The van der Waals surface area contributed by atoms with Crippen LogP contribution in [0.4, 0.5) is 0 Å². The van der Waals surface area contributed by atoms with E-state index in [1.807, 2.05) is 0 Å². The maximum Gasteiger partial charge on any atom is 0.0826 e. The van der Waals surface area contributed by atoms with E-state index in [2.05, 4.69) is 0 Å². The van der Waals surface area contributed by atoms with Gasteiger partial charge < -0.3 is 10.8 Å². The molecular weight excluding hydrogens is 174 g/mol. The van der Waals surface area contributed by atoms with Gasteiger partial charge in [-0.3, -0.25) is 0 Å². The highest BCUT2D eigenvalue weighted by Gasteiger charge is 2.50. The van der Waals surface area contributed by atoms with E-state index in [9.17, 15) is 5.11 Å². The highest BCUT2D eigenvalue weighted by molar-refractivity contribution is 5.08. The molecule has 2 rings (SSSR count). The van der Waals surface area contributed by atoms with Gasteiger partial charge in [-0.25, -0.2) is 0 Å². The molecule has 2 aliphatic carbocycles. The van der Waals surface area contributed by atoms with Crippen LogP contribution in [0.3, 0.4) is 0 Å². The van der Waals surface area contributed by atoms with Crippen LogP contribution in [-0.2, 0) is 0 Å². The molecule has 0 aromatic rings. The van der Waals surface area contributed by atoms with Crippen molar-refractivity contribution in [2.45, 2.75) is 75.3 Å². The van der Waals surface area contributed by atoms with Crippen LogP contribution in [0.2, 0.25) is 0 Å². The van der Waals surface area contributed by atoms with Crippen molar-refractivity contribution in [2.75, 3.05) is 0 Å². The largest absolute Gasteiger partial charge is 0.388 e. The molecule has 2 aliphatic rings. The van der Waals surface area contributed by atoms with Crippen LogP contribution in [0.1, 0.15) is 64.2 Å². The summed E-state index contributed by atoms with van der Waals surface area (Å²) in [5, 5.41) is 10.4. The van der Waals surface area contributed by atoms with E-state index in [0.29, 0.717) is 0 Å². The smallest absolute Gasteiger partial charge is 0.0826 e. The van der Waals surface area contributed by atoms with E-state index >= 15 is 0 Å². The molecule has 2 heteroatoms. The fourth-order valence-corrected chi connectivity index (χ4v) is 3.01. The normalized spacial score (nSPS) is 31.3. The summed E-state index contributed by atoms with van der Waals surface area (Å²) in [4.78, 5) is 0. The molecule has 0 radical (unpaired) electrons. The van der Waals surface area contributed by atoms with Crippen molar-refractivity contribution in [3.8, 4) is 0 Å². The summed E-state index contributed by atoms with van der Waals surface area (Å²) in [5.74, 6) is 0. The molecule has 0 aromatic carbocycles. The molecule has 2 nitrogen and oxygen atoms in total. The van der Waals surface area contributed by atoms with Gasteiger partial charge in [0.15, 0.2) is 0 Å². The third-order valence-electron chi connectivity index (χ3n) is 4.35. The van der Waals surface area contributed by atoms with Gasteiger partial charge in [0.25, 0.3) is 0 Å². The van der Waals surface area contributed by atoms with E-state index < -0.39 is 5.60 Å². The van der Waals surface area contributed by atoms with Gasteiger partial charge >= 0.3 is 0 Å². The molecule has 0 saturated heterocycles. The summed E-state index contributed by atoms with van der Waals surface area (Å²) in [6.45, 7) is 0. The lowest BCUT2D eigenvalue weighted by Gasteiger charge is -2.51. The second-order valence-electron chi connectivity index (χ2n) is 5.31. The topological polar surface area (TPSA) is 46.2 Å². The molecule has 2 saturated carbocycles. The van der Waals surface area contributed by atoms with E-state index in [4.69, 9.17) is 5.73 Å². The van der Waals surface area contributed by atoms with E-state index in [-0.39, 0.29) is 5.54 Å². The predicted molar refractivity (Wildman–Crippen MR) is 58.0 cm³/mol. The van der Waals surface area contributed by atoms with Crippen molar-refractivity contribution in [1.29, 1.82) is 0 Å². The van der Waals surface area contributed by atoms with Gasteiger partial charge in [-0.05, 0) is 32.1 Å². The third kappa shape index (κ3) is 1.70. The lowest BCUT2D eigenvalue weighted by atomic mass is 9.62. The van der Waals surface area contributed by atoms with Crippen LogP contribution >= 0.6 is 0 Å². The molecule has 0 heterocycles. The Morgan fingerprint density at radius 1 is 0.714 bits per heavy atom. The first-order valence-corrected chi connectivity index (χ1v) is 6.18. The summed E-state index contributed by atoms with van der Waals surface area (Å²) < 4.78 is 0. The van der Waals surface area contributed by atoms with E-state index in [1.54, 1.807) is 0 Å². The molecule has 0 unspecified atom stereocenters. The van der Waals surface area contributed by atoms with Crippen LogP contribution in [0.15, 0.2) is 0 Å². The summed E-state index contributed by atoms with van der Waals surface area (Å²) in [6.07, 6.45) is 11.5. The fraction of sp³-hybridized carbons (Fsp3) is 1.00. The van der Waals surface area contributed by atoms with Gasteiger partial charge in [-0.15, -0.1) is 0 Å². The van der Waals surface area contributed by atoms with Crippen molar-refractivity contribution < 1.29 is 5.11 Å². The SMILES string of the molecule is NC1(C2(O)CCC2)CCCCCCC1. The monoisotopic (exact) mass is 197 g/mol. The first-order chi connectivity index (χ1) is 6.66. The van der Waals surface area contributed by atoms with Gasteiger partial charge in [0.1, 0.15) is 0 Å². The molecule has 3 N–H and O–H groups in total. The van der Waals surface area contributed by atoms with Crippen LogP contribution < -0.4 is 5.73 Å². The molecule has 0 bridgehead atoms. The second-order valence-corrected chi connectivity index (χ2v) is 5.31. The van der Waals surface area contributed by atoms with Crippen LogP contribution in [0.5, 0.6) is 0 Å². The highest BCUT2D eigenvalue weighted by atomic mass is 16.3. The van der Waals surface area contributed by atoms with Crippen molar-refractivity contribution in [3.05, 3.63) is 0 Å². The standard InChI is InChI=1S/C12H23NO/c13-11(12(14)9-6-10-12)7-4-2-1-3-5-8-11/h14H,1-10,13H2. The Bertz CT molecular complexity index is 190. The molecule has 0 aliphatic heterocycles.